The summed E-state index contributed by atoms with van der Waals surface area (Å²) in [6.07, 6.45) is 3.45. The fourth-order valence-electron chi connectivity index (χ4n) is 2.52. The average Bonchev–Trinajstić information content (AvgIpc) is 2.45. The number of nitrogens with zero attached hydrogens (tertiary/aromatic N) is 2. The first-order valence-electron chi connectivity index (χ1n) is 7.19. The van der Waals surface area contributed by atoms with Crippen molar-refractivity contribution in [3.05, 3.63) is 23.4 Å². The van der Waals surface area contributed by atoms with Crippen LogP contribution >= 0.6 is 0 Å². The fraction of sp³-hybridized carbons (Fsp3) is 0.600. The zero-order valence-electron chi connectivity index (χ0n) is 12.1. The summed E-state index contributed by atoms with van der Waals surface area (Å²) in [5.41, 5.74) is 0.830. The van der Waals surface area contributed by atoms with Crippen LogP contribution in [0.3, 0.4) is 0 Å². The summed E-state index contributed by atoms with van der Waals surface area (Å²) >= 11 is 0. The lowest BCUT2D eigenvalue weighted by Crippen LogP contribution is -2.40. The molecule has 2 rings (SSSR count). The summed E-state index contributed by atoms with van der Waals surface area (Å²) in [7, 11) is 0. The van der Waals surface area contributed by atoms with Crippen molar-refractivity contribution in [1.29, 1.82) is 0 Å². The highest BCUT2D eigenvalue weighted by Crippen LogP contribution is 2.21. The van der Waals surface area contributed by atoms with Gasteiger partial charge in [-0.1, -0.05) is 6.92 Å². The second kappa shape index (κ2) is 6.70. The van der Waals surface area contributed by atoms with Gasteiger partial charge in [-0.15, -0.1) is 0 Å². The number of hydrogen-bond donors (Lipinski definition) is 1. The van der Waals surface area contributed by atoms with Gasteiger partial charge in [-0.05, 0) is 38.3 Å². The molecular formula is C15H22N2O3. The summed E-state index contributed by atoms with van der Waals surface area (Å²) in [5, 5.41) is 9.03. The van der Waals surface area contributed by atoms with Crippen molar-refractivity contribution >= 4 is 11.8 Å². The normalized spacial score (nSPS) is 19.1. The summed E-state index contributed by atoms with van der Waals surface area (Å²) in [6, 6.07) is 3.43. The monoisotopic (exact) mass is 278 g/mol. The van der Waals surface area contributed by atoms with Gasteiger partial charge in [-0.3, -0.25) is 0 Å². The van der Waals surface area contributed by atoms with Gasteiger partial charge < -0.3 is 14.7 Å². The smallest absolute Gasteiger partial charge is 0.337 e. The Morgan fingerprint density at radius 1 is 1.55 bits per heavy atom. The van der Waals surface area contributed by atoms with Gasteiger partial charge in [0.25, 0.3) is 0 Å². The van der Waals surface area contributed by atoms with Crippen LogP contribution in [0.1, 0.15) is 42.2 Å². The number of piperidine rings is 1. The number of anilines is 1. The molecule has 2 heterocycles. The molecule has 1 fully saturated rings. The number of aromatic nitrogens is 1. The first kappa shape index (κ1) is 14.8. The van der Waals surface area contributed by atoms with Crippen LogP contribution < -0.4 is 4.90 Å². The Morgan fingerprint density at radius 2 is 2.35 bits per heavy atom. The van der Waals surface area contributed by atoms with E-state index >= 15 is 0 Å². The molecule has 0 aromatic carbocycles. The van der Waals surface area contributed by atoms with Gasteiger partial charge in [0.15, 0.2) is 0 Å². The van der Waals surface area contributed by atoms with Crippen LogP contribution in [0.25, 0.3) is 0 Å². The van der Waals surface area contributed by atoms with Gasteiger partial charge in [0.2, 0.25) is 0 Å². The van der Waals surface area contributed by atoms with E-state index in [0.29, 0.717) is 5.69 Å². The Labute approximate surface area is 119 Å². The second-order valence-electron chi connectivity index (χ2n) is 5.19. The van der Waals surface area contributed by atoms with E-state index in [1.807, 2.05) is 0 Å². The van der Waals surface area contributed by atoms with Gasteiger partial charge in [0.05, 0.1) is 17.4 Å². The molecule has 1 saturated heterocycles. The van der Waals surface area contributed by atoms with E-state index < -0.39 is 5.97 Å². The minimum atomic E-state index is -0.927. The van der Waals surface area contributed by atoms with E-state index in [0.717, 1.165) is 44.8 Å². The van der Waals surface area contributed by atoms with Crippen LogP contribution in [0, 0.1) is 6.92 Å². The van der Waals surface area contributed by atoms with E-state index in [2.05, 4.69) is 16.8 Å². The predicted molar refractivity (Wildman–Crippen MR) is 77.4 cm³/mol. The fourth-order valence-corrected chi connectivity index (χ4v) is 2.52. The zero-order valence-corrected chi connectivity index (χ0v) is 12.1. The molecule has 1 aromatic rings. The SMILES string of the molecule is CCCOC1CCCN(c2ccc(C(=O)O)c(C)n2)C1. The highest BCUT2D eigenvalue weighted by molar-refractivity contribution is 5.89. The quantitative estimate of drug-likeness (QED) is 0.896. The third kappa shape index (κ3) is 3.48. The molecular weight excluding hydrogens is 256 g/mol. The molecule has 0 saturated carbocycles. The minimum Gasteiger partial charge on any atom is -0.478 e. The number of carbonyl (C=O) groups is 1. The number of carboxylic acids is 1. The highest BCUT2D eigenvalue weighted by Gasteiger charge is 2.22. The second-order valence-corrected chi connectivity index (χ2v) is 5.19. The van der Waals surface area contributed by atoms with E-state index in [9.17, 15) is 4.79 Å². The van der Waals surface area contributed by atoms with Gasteiger partial charge in [-0.25, -0.2) is 9.78 Å². The van der Waals surface area contributed by atoms with Gasteiger partial charge >= 0.3 is 5.97 Å². The van der Waals surface area contributed by atoms with Crippen LogP contribution in [0.2, 0.25) is 0 Å². The van der Waals surface area contributed by atoms with Crippen molar-refractivity contribution in [3.8, 4) is 0 Å². The molecule has 0 aliphatic carbocycles. The molecule has 0 bridgehead atoms. The molecule has 110 valence electrons. The Balaban J connectivity index is 2.07. The number of pyridine rings is 1. The minimum absolute atomic E-state index is 0.255. The Hall–Kier alpha value is -1.62. The van der Waals surface area contributed by atoms with Gasteiger partial charge in [0.1, 0.15) is 5.82 Å². The molecule has 1 aliphatic rings. The van der Waals surface area contributed by atoms with Crippen molar-refractivity contribution in [3.63, 3.8) is 0 Å². The summed E-state index contributed by atoms with van der Waals surface area (Å²) < 4.78 is 5.81. The summed E-state index contributed by atoms with van der Waals surface area (Å²) in [6.45, 7) is 6.42. The van der Waals surface area contributed by atoms with E-state index in [4.69, 9.17) is 9.84 Å². The van der Waals surface area contributed by atoms with E-state index in [1.54, 1.807) is 19.1 Å². The van der Waals surface area contributed by atoms with Crippen molar-refractivity contribution in [1.82, 2.24) is 4.98 Å². The number of rotatable bonds is 5. The third-order valence-corrected chi connectivity index (χ3v) is 3.56. The van der Waals surface area contributed by atoms with Gasteiger partial charge in [-0.2, -0.15) is 0 Å². The Morgan fingerprint density at radius 3 is 3.00 bits per heavy atom. The zero-order chi connectivity index (χ0) is 14.5. The van der Waals surface area contributed by atoms with Crippen LogP contribution in [0.4, 0.5) is 5.82 Å². The first-order valence-corrected chi connectivity index (χ1v) is 7.19. The summed E-state index contributed by atoms with van der Waals surface area (Å²) in [4.78, 5) is 17.6. The number of hydrogen-bond acceptors (Lipinski definition) is 4. The van der Waals surface area contributed by atoms with Crippen LogP contribution in [0.15, 0.2) is 12.1 Å². The number of carboxylic acid groups (broad SMARTS) is 1. The van der Waals surface area contributed by atoms with Crippen molar-refractivity contribution in [2.24, 2.45) is 0 Å². The average molecular weight is 278 g/mol. The summed E-state index contributed by atoms with van der Waals surface area (Å²) in [5.74, 6) is -0.0818. The Kier molecular flexibility index (Phi) is 4.95. The maximum absolute atomic E-state index is 11.0. The molecule has 5 heteroatoms. The van der Waals surface area contributed by atoms with E-state index in [-0.39, 0.29) is 11.7 Å². The van der Waals surface area contributed by atoms with Crippen LogP contribution in [0.5, 0.6) is 0 Å². The number of aryl methyl sites for hydroxylation is 1. The molecule has 20 heavy (non-hydrogen) atoms. The molecule has 0 amide bonds. The molecule has 0 spiro atoms. The van der Waals surface area contributed by atoms with Crippen molar-refractivity contribution in [2.45, 2.75) is 39.2 Å². The Bertz CT molecular complexity index is 476. The topological polar surface area (TPSA) is 62.7 Å². The standard InChI is InChI=1S/C15H22N2O3/c1-3-9-20-12-5-4-8-17(10-12)14-7-6-13(15(18)19)11(2)16-14/h6-7,12H,3-5,8-10H2,1-2H3,(H,18,19). The van der Waals surface area contributed by atoms with Gasteiger partial charge in [0, 0.05) is 19.7 Å². The molecule has 1 aliphatic heterocycles. The maximum atomic E-state index is 11.0. The highest BCUT2D eigenvalue weighted by atomic mass is 16.5. The number of aromatic carboxylic acids is 1. The molecule has 1 unspecified atom stereocenters. The molecule has 5 nitrogen and oxygen atoms in total. The lowest BCUT2D eigenvalue weighted by molar-refractivity contribution is 0.0439. The molecule has 0 radical (unpaired) electrons. The maximum Gasteiger partial charge on any atom is 0.337 e. The predicted octanol–water partition coefficient (Wildman–Crippen LogP) is 2.48. The lowest BCUT2D eigenvalue weighted by atomic mass is 10.1. The number of ether oxygens (including phenoxy) is 1. The van der Waals surface area contributed by atoms with Crippen molar-refractivity contribution in [2.75, 3.05) is 24.6 Å². The third-order valence-electron chi connectivity index (χ3n) is 3.56. The molecule has 1 N–H and O–H groups in total. The largest absolute Gasteiger partial charge is 0.478 e. The van der Waals surface area contributed by atoms with Crippen LogP contribution in [-0.2, 0) is 4.74 Å². The van der Waals surface area contributed by atoms with Crippen molar-refractivity contribution < 1.29 is 14.6 Å². The van der Waals surface area contributed by atoms with Crippen LogP contribution in [-0.4, -0.2) is 41.9 Å². The molecule has 1 atom stereocenters. The molecule has 1 aromatic heterocycles. The van der Waals surface area contributed by atoms with E-state index in [1.165, 1.54) is 0 Å². The first-order chi connectivity index (χ1) is 9.61. The lowest BCUT2D eigenvalue weighted by Gasteiger charge is -2.33.